The highest BCUT2D eigenvalue weighted by Crippen LogP contribution is 2.26. The molecule has 2 aromatic rings. The van der Waals surface area contributed by atoms with Crippen LogP contribution in [0, 0.1) is 5.92 Å². The van der Waals surface area contributed by atoms with Crippen LogP contribution in [0.25, 0.3) is 0 Å². The maximum absolute atomic E-state index is 12.2. The highest BCUT2D eigenvalue weighted by molar-refractivity contribution is 7.80. The van der Waals surface area contributed by atoms with Crippen LogP contribution in [-0.2, 0) is 21.7 Å². The molecule has 4 heteroatoms. The van der Waals surface area contributed by atoms with Crippen LogP contribution >= 0.6 is 12.6 Å². The van der Waals surface area contributed by atoms with Gasteiger partial charge < -0.3 is 4.74 Å². The van der Waals surface area contributed by atoms with Crippen LogP contribution in [0.5, 0.6) is 0 Å². The summed E-state index contributed by atoms with van der Waals surface area (Å²) in [6.07, 6.45) is 0.420. The largest absolute Gasteiger partial charge is 0.439 e. The smallest absolute Gasteiger partial charge is 0.311 e. The van der Waals surface area contributed by atoms with E-state index in [4.69, 9.17) is 10.5 Å². The van der Waals surface area contributed by atoms with Gasteiger partial charge in [-0.1, -0.05) is 67.6 Å². The fourth-order valence-electron chi connectivity index (χ4n) is 2.17. The van der Waals surface area contributed by atoms with Gasteiger partial charge in [0.1, 0.15) is 0 Å². The molecule has 0 spiro atoms. The molecule has 0 aliphatic rings. The predicted octanol–water partition coefficient (Wildman–Crippen LogP) is 3.15. The summed E-state index contributed by atoms with van der Waals surface area (Å²) in [6.45, 7) is 1.78. The van der Waals surface area contributed by atoms with Crippen molar-refractivity contribution in [1.29, 1.82) is 0 Å². The lowest BCUT2D eigenvalue weighted by atomic mass is 9.95. The Labute approximate surface area is 136 Å². The zero-order valence-electron chi connectivity index (χ0n) is 12.6. The molecule has 3 nitrogen and oxygen atoms in total. The van der Waals surface area contributed by atoms with Crippen molar-refractivity contribution in [2.75, 3.05) is 5.75 Å². The first-order chi connectivity index (χ1) is 10.5. The molecule has 2 unspecified atom stereocenters. The maximum Gasteiger partial charge on any atom is 0.311 e. The molecule has 0 heterocycles. The van der Waals surface area contributed by atoms with Gasteiger partial charge in [0.15, 0.2) is 5.72 Å². The van der Waals surface area contributed by atoms with E-state index in [1.165, 1.54) is 0 Å². The molecular weight excluding hydrogens is 294 g/mol. The molecule has 0 saturated carbocycles. The minimum atomic E-state index is -1.18. The van der Waals surface area contributed by atoms with Gasteiger partial charge in [0.05, 0.1) is 5.92 Å². The number of carbonyl (C=O) groups is 1. The second-order valence-corrected chi connectivity index (χ2v) is 5.79. The monoisotopic (exact) mass is 315 g/mol. The van der Waals surface area contributed by atoms with Crippen LogP contribution in [0.15, 0.2) is 60.7 Å². The Bertz CT molecular complexity index is 603. The van der Waals surface area contributed by atoms with Crippen molar-refractivity contribution in [3.8, 4) is 0 Å². The summed E-state index contributed by atoms with van der Waals surface area (Å²) >= 11 is 4.15. The minimum absolute atomic E-state index is 0.300. The highest BCUT2D eigenvalue weighted by Gasteiger charge is 2.33. The van der Waals surface area contributed by atoms with Crippen molar-refractivity contribution >= 4 is 18.6 Å². The Morgan fingerprint density at radius 2 is 1.68 bits per heavy atom. The number of thiol groups is 1. The molecule has 22 heavy (non-hydrogen) atoms. The van der Waals surface area contributed by atoms with Crippen LogP contribution in [-0.4, -0.2) is 11.7 Å². The molecule has 0 radical (unpaired) electrons. The van der Waals surface area contributed by atoms with E-state index in [0.29, 0.717) is 12.2 Å². The number of ether oxygens (including phenoxy) is 1. The number of esters is 1. The lowest BCUT2D eigenvalue weighted by Crippen LogP contribution is -2.45. The van der Waals surface area contributed by atoms with Gasteiger partial charge in [-0.05, 0) is 5.56 Å². The number of hydrogen-bond donors (Lipinski definition) is 2. The molecule has 0 aliphatic heterocycles. The summed E-state index contributed by atoms with van der Waals surface area (Å²) in [5.74, 6) is -0.210. The van der Waals surface area contributed by atoms with Gasteiger partial charge in [-0.15, -0.1) is 0 Å². The van der Waals surface area contributed by atoms with E-state index < -0.39 is 5.72 Å². The Hall–Kier alpha value is -1.78. The maximum atomic E-state index is 12.2. The summed E-state index contributed by atoms with van der Waals surface area (Å²) in [5.41, 5.74) is 7.08. The number of hydrogen-bond acceptors (Lipinski definition) is 4. The summed E-state index contributed by atoms with van der Waals surface area (Å²) < 4.78 is 5.67. The van der Waals surface area contributed by atoms with Crippen LogP contribution in [0.3, 0.4) is 0 Å². The van der Waals surface area contributed by atoms with Crippen molar-refractivity contribution < 1.29 is 9.53 Å². The van der Waals surface area contributed by atoms with Crippen molar-refractivity contribution in [2.45, 2.75) is 19.1 Å². The highest BCUT2D eigenvalue weighted by atomic mass is 32.1. The first kappa shape index (κ1) is 16.6. The van der Waals surface area contributed by atoms with E-state index in [1.807, 2.05) is 60.7 Å². The SMILES string of the molecule is CC(CS)C(=O)OC(N)(Cc1ccccc1)c1ccccc1. The molecule has 0 amide bonds. The van der Waals surface area contributed by atoms with Gasteiger partial charge in [-0.3, -0.25) is 10.5 Å². The molecule has 2 rings (SSSR count). The zero-order chi connectivity index (χ0) is 16.0. The third-order valence-electron chi connectivity index (χ3n) is 3.53. The van der Waals surface area contributed by atoms with Gasteiger partial charge in [-0.2, -0.15) is 12.6 Å². The molecule has 0 bridgehead atoms. The minimum Gasteiger partial charge on any atom is -0.439 e. The molecule has 0 aromatic heterocycles. The van der Waals surface area contributed by atoms with Crippen LogP contribution in [0.2, 0.25) is 0 Å². The quantitative estimate of drug-likeness (QED) is 0.489. The van der Waals surface area contributed by atoms with Crippen LogP contribution < -0.4 is 5.73 Å². The van der Waals surface area contributed by atoms with Gasteiger partial charge in [0.25, 0.3) is 0 Å². The number of nitrogens with two attached hydrogens (primary N) is 1. The number of carbonyl (C=O) groups excluding carboxylic acids is 1. The fraction of sp³-hybridized carbons (Fsp3) is 0.278. The predicted molar refractivity (Wildman–Crippen MR) is 91.6 cm³/mol. The molecule has 0 aliphatic carbocycles. The Morgan fingerprint density at radius 3 is 2.23 bits per heavy atom. The lowest BCUT2D eigenvalue weighted by Gasteiger charge is -2.31. The second kappa shape index (κ2) is 7.47. The van der Waals surface area contributed by atoms with E-state index in [2.05, 4.69) is 12.6 Å². The first-order valence-corrected chi connectivity index (χ1v) is 7.90. The number of rotatable bonds is 6. The second-order valence-electron chi connectivity index (χ2n) is 5.42. The summed E-state index contributed by atoms with van der Waals surface area (Å²) in [4.78, 5) is 12.2. The topological polar surface area (TPSA) is 52.3 Å². The van der Waals surface area contributed by atoms with Crippen LogP contribution in [0.1, 0.15) is 18.1 Å². The van der Waals surface area contributed by atoms with Gasteiger partial charge in [0.2, 0.25) is 0 Å². The van der Waals surface area contributed by atoms with E-state index in [9.17, 15) is 4.79 Å². The average Bonchev–Trinajstić information content (AvgIpc) is 2.55. The molecule has 0 saturated heterocycles. The van der Waals surface area contributed by atoms with E-state index >= 15 is 0 Å². The average molecular weight is 315 g/mol. The zero-order valence-corrected chi connectivity index (χ0v) is 13.5. The third kappa shape index (κ3) is 4.12. The molecule has 0 fully saturated rings. The van der Waals surface area contributed by atoms with Crippen molar-refractivity contribution in [3.05, 3.63) is 71.8 Å². The third-order valence-corrected chi connectivity index (χ3v) is 4.08. The standard InChI is InChI=1S/C18H21NO2S/c1-14(13-22)17(20)21-18(19,16-10-6-3-7-11-16)12-15-8-4-2-5-9-15/h2-11,14,22H,12-13,19H2,1H3. The van der Waals surface area contributed by atoms with Crippen molar-refractivity contribution in [2.24, 2.45) is 11.7 Å². The molecular formula is C18H21NO2S. The van der Waals surface area contributed by atoms with E-state index in [1.54, 1.807) is 6.92 Å². The summed E-state index contributed by atoms with van der Waals surface area (Å²) in [7, 11) is 0. The molecule has 2 aromatic carbocycles. The Morgan fingerprint density at radius 1 is 1.14 bits per heavy atom. The normalized spacial score (nSPS) is 14.9. The van der Waals surface area contributed by atoms with Gasteiger partial charge in [0, 0.05) is 17.7 Å². The Kier molecular flexibility index (Phi) is 5.63. The summed E-state index contributed by atoms with van der Waals surface area (Å²) in [6, 6.07) is 19.2. The van der Waals surface area contributed by atoms with Crippen molar-refractivity contribution in [3.63, 3.8) is 0 Å². The van der Waals surface area contributed by atoms with Gasteiger partial charge in [-0.25, -0.2) is 0 Å². The van der Waals surface area contributed by atoms with E-state index in [0.717, 1.165) is 11.1 Å². The summed E-state index contributed by atoms with van der Waals surface area (Å²) in [5, 5.41) is 0. The van der Waals surface area contributed by atoms with Crippen LogP contribution in [0.4, 0.5) is 0 Å². The lowest BCUT2D eigenvalue weighted by molar-refractivity contribution is -0.164. The fourth-order valence-corrected chi connectivity index (χ4v) is 2.32. The number of benzene rings is 2. The molecule has 2 N–H and O–H groups in total. The van der Waals surface area contributed by atoms with Crippen molar-refractivity contribution in [1.82, 2.24) is 0 Å². The Balaban J connectivity index is 2.30. The van der Waals surface area contributed by atoms with Gasteiger partial charge >= 0.3 is 5.97 Å². The molecule has 2 atom stereocenters. The molecule has 116 valence electrons. The van der Waals surface area contributed by atoms with E-state index in [-0.39, 0.29) is 11.9 Å². The first-order valence-electron chi connectivity index (χ1n) is 7.27.